The maximum absolute atomic E-state index is 12.2. The molecule has 112 valence electrons. The molecule has 0 amide bonds. The SMILES string of the molecule is CCS(=O)(=O)C1CSCCN1CCc1cccc(N)c1. The van der Waals surface area contributed by atoms with Crippen molar-refractivity contribution in [2.75, 3.05) is 36.1 Å². The second-order valence-corrected chi connectivity index (χ2v) is 8.61. The average molecular weight is 314 g/mol. The quantitative estimate of drug-likeness (QED) is 0.837. The van der Waals surface area contributed by atoms with Crippen molar-refractivity contribution in [1.29, 1.82) is 0 Å². The average Bonchev–Trinajstić information content (AvgIpc) is 2.45. The van der Waals surface area contributed by atoms with Crippen LogP contribution in [0.25, 0.3) is 0 Å². The largest absolute Gasteiger partial charge is 0.399 e. The zero-order chi connectivity index (χ0) is 14.6. The number of benzene rings is 1. The van der Waals surface area contributed by atoms with Gasteiger partial charge in [0.1, 0.15) is 5.37 Å². The fourth-order valence-corrected chi connectivity index (χ4v) is 5.53. The smallest absolute Gasteiger partial charge is 0.166 e. The van der Waals surface area contributed by atoms with Crippen molar-refractivity contribution in [3.63, 3.8) is 0 Å². The van der Waals surface area contributed by atoms with Crippen molar-refractivity contribution in [3.05, 3.63) is 29.8 Å². The molecule has 0 saturated carbocycles. The number of sulfone groups is 1. The van der Waals surface area contributed by atoms with E-state index in [-0.39, 0.29) is 11.1 Å². The fourth-order valence-electron chi connectivity index (χ4n) is 2.42. The van der Waals surface area contributed by atoms with Gasteiger partial charge in [0.2, 0.25) is 0 Å². The van der Waals surface area contributed by atoms with Crippen molar-refractivity contribution in [1.82, 2.24) is 4.90 Å². The minimum atomic E-state index is -3.00. The molecule has 1 saturated heterocycles. The first-order valence-electron chi connectivity index (χ1n) is 6.90. The number of nitrogen functional groups attached to an aromatic ring is 1. The molecule has 1 heterocycles. The second kappa shape index (κ2) is 6.83. The Bertz CT molecular complexity index is 546. The van der Waals surface area contributed by atoms with E-state index in [1.165, 1.54) is 0 Å². The molecule has 1 aromatic carbocycles. The number of anilines is 1. The Morgan fingerprint density at radius 1 is 1.45 bits per heavy atom. The van der Waals surface area contributed by atoms with Crippen LogP contribution in [0.2, 0.25) is 0 Å². The van der Waals surface area contributed by atoms with Crippen molar-refractivity contribution in [2.24, 2.45) is 0 Å². The van der Waals surface area contributed by atoms with Crippen LogP contribution in [0.5, 0.6) is 0 Å². The molecule has 4 nitrogen and oxygen atoms in total. The summed E-state index contributed by atoms with van der Waals surface area (Å²) in [4.78, 5) is 2.11. The molecular weight excluding hydrogens is 292 g/mol. The zero-order valence-electron chi connectivity index (χ0n) is 11.8. The molecule has 0 spiro atoms. The first kappa shape index (κ1) is 15.7. The van der Waals surface area contributed by atoms with Crippen LogP contribution in [-0.4, -0.2) is 49.0 Å². The molecule has 6 heteroatoms. The molecule has 1 aliphatic heterocycles. The Balaban J connectivity index is 2.02. The highest BCUT2D eigenvalue weighted by Crippen LogP contribution is 2.22. The number of nitrogens with zero attached hydrogens (tertiary/aromatic N) is 1. The van der Waals surface area contributed by atoms with E-state index in [2.05, 4.69) is 4.90 Å². The lowest BCUT2D eigenvalue weighted by molar-refractivity contribution is 0.273. The summed E-state index contributed by atoms with van der Waals surface area (Å²) >= 11 is 1.73. The zero-order valence-corrected chi connectivity index (χ0v) is 13.4. The van der Waals surface area contributed by atoms with Crippen LogP contribution in [0.15, 0.2) is 24.3 Å². The van der Waals surface area contributed by atoms with Crippen molar-refractivity contribution >= 4 is 27.3 Å². The van der Waals surface area contributed by atoms with Gasteiger partial charge in [0.25, 0.3) is 0 Å². The van der Waals surface area contributed by atoms with E-state index in [1.54, 1.807) is 18.7 Å². The number of rotatable bonds is 5. The Kier molecular flexibility index (Phi) is 5.35. The van der Waals surface area contributed by atoms with E-state index in [1.807, 2.05) is 24.3 Å². The van der Waals surface area contributed by atoms with Gasteiger partial charge in [-0.05, 0) is 24.1 Å². The third-order valence-corrected chi connectivity index (χ3v) is 6.98. The van der Waals surface area contributed by atoms with Gasteiger partial charge in [0.15, 0.2) is 9.84 Å². The molecule has 0 aliphatic carbocycles. The van der Waals surface area contributed by atoms with E-state index in [9.17, 15) is 8.42 Å². The summed E-state index contributed by atoms with van der Waals surface area (Å²) in [6.07, 6.45) is 0.839. The minimum Gasteiger partial charge on any atom is -0.399 e. The molecule has 1 unspecified atom stereocenters. The van der Waals surface area contributed by atoms with Gasteiger partial charge < -0.3 is 5.73 Å². The molecule has 1 fully saturated rings. The van der Waals surface area contributed by atoms with Crippen LogP contribution in [-0.2, 0) is 16.3 Å². The summed E-state index contributed by atoms with van der Waals surface area (Å²) in [6.45, 7) is 3.34. The Morgan fingerprint density at radius 2 is 2.25 bits per heavy atom. The van der Waals surface area contributed by atoms with E-state index in [0.717, 1.165) is 36.5 Å². The van der Waals surface area contributed by atoms with Crippen molar-refractivity contribution in [3.8, 4) is 0 Å². The molecule has 2 rings (SSSR count). The number of hydrogen-bond acceptors (Lipinski definition) is 5. The summed E-state index contributed by atoms with van der Waals surface area (Å²) < 4.78 is 24.3. The predicted octanol–water partition coefficient (Wildman–Crippen LogP) is 1.62. The van der Waals surface area contributed by atoms with E-state index >= 15 is 0 Å². The van der Waals surface area contributed by atoms with E-state index < -0.39 is 9.84 Å². The maximum atomic E-state index is 12.2. The molecule has 1 aromatic rings. The van der Waals surface area contributed by atoms with Crippen molar-refractivity contribution in [2.45, 2.75) is 18.7 Å². The number of thioether (sulfide) groups is 1. The second-order valence-electron chi connectivity index (χ2n) is 5.01. The summed E-state index contributed by atoms with van der Waals surface area (Å²) in [7, 11) is -3.00. The summed E-state index contributed by atoms with van der Waals surface area (Å²) in [5.41, 5.74) is 7.69. The molecule has 2 N–H and O–H groups in total. The van der Waals surface area contributed by atoms with Gasteiger partial charge in [0.05, 0.1) is 0 Å². The highest BCUT2D eigenvalue weighted by atomic mass is 32.2. The van der Waals surface area contributed by atoms with Gasteiger partial charge in [-0.2, -0.15) is 11.8 Å². The highest BCUT2D eigenvalue weighted by Gasteiger charge is 2.32. The topological polar surface area (TPSA) is 63.4 Å². The van der Waals surface area contributed by atoms with Gasteiger partial charge >= 0.3 is 0 Å². The number of nitrogens with two attached hydrogens (primary N) is 1. The molecule has 20 heavy (non-hydrogen) atoms. The van der Waals surface area contributed by atoms with Crippen LogP contribution in [0.4, 0.5) is 5.69 Å². The fraction of sp³-hybridized carbons (Fsp3) is 0.571. The molecular formula is C14H22N2O2S2. The minimum absolute atomic E-state index is 0.215. The third kappa shape index (κ3) is 3.90. The predicted molar refractivity (Wildman–Crippen MR) is 86.7 cm³/mol. The maximum Gasteiger partial charge on any atom is 0.166 e. The van der Waals surface area contributed by atoms with Gasteiger partial charge in [-0.25, -0.2) is 8.42 Å². The normalized spacial score (nSPS) is 20.9. The van der Waals surface area contributed by atoms with Crippen LogP contribution in [0.1, 0.15) is 12.5 Å². The lowest BCUT2D eigenvalue weighted by Crippen LogP contribution is -2.48. The summed E-state index contributed by atoms with van der Waals surface area (Å²) in [6, 6.07) is 7.81. The van der Waals surface area contributed by atoms with E-state index in [0.29, 0.717) is 5.75 Å². The summed E-state index contributed by atoms with van der Waals surface area (Å²) in [5.74, 6) is 1.91. The summed E-state index contributed by atoms with van der Waals surface area (Å²) in [5, 5.41) is -0.327. The molecule has 0 aromatic heterocycles. The molecule has 0 bridgehead atoms. The van der Waals surface area contributed by atoms with Crippen molar-refractivity contribution < 1.29 is 8.42 Å². The van der Waals surface area contributed by atoms with Crippen LogP contribution in [0, 0.1) is 0 Å². The molecule has 1 atom stereocenters. The van der Waals surface area contributed by atoms with Crippen LogP contribution >= 0.6 is 11.8 Å². The van der Waals surface area contributed by atoms with E-state index in [4.69, 9.17) is 5.73 Å². The van der Waals surface area contributed by atoms with Gasteiger partial charge in [-0.15, -0.1) is 0 Å². The highest BCUT2D eigenvalue weighted by molar-refractivity contribution is 8.01. The Hall–Kier alpha value is -0.720. The van der Waals surface area contributed by atoms with Crippen LogP contribution in [0.3, 0.4) is 0 Å². The first-order chi connectivity index (χ1) is 9.53. The Labute approximate surface area is 125 Å². The molecule has 0 radical (unpaired) electrons. The lowest BCUT2D eigenvalue weighted by atomic mass is 10.1. The van der Waals surface area contributed by atoms with Crippen LogP contribution < -0.4 is 5.73 Å². The number of hydrogen-bond donors (Lipinski definition) is 1. The van der Waals surface area contributed by atoms with Gasteiger partial charge in [0, 0.05) is 36.0 Å². The lowest BCUT2D eigenvalue weighted by Gasteiger charge is -2.34. The third-order valence-electron chi connectivity index (χ3n) is 3.65. The monoisotopic (exact) mass is 314 g/mol. The Morgan fingerprint density at radius 3 is 2.95 bits per heavy atom. The van der Waals surface area contributed by atoms with Gasteiger partial charge in [-0.3, -0.25) is 4.90 Å². The van der Waals surface area contributed by atoms with Gasteiger partial charge in [-0.1, -0.05) is 19.1 Å². The first-order valence-corrected chi connectivity index (χ1v) is 9.77. The standard InChI is InChI=1S/C14H22N2O2S2/c1-2-20(17,18)14-11-19-9-8-16(14)7-6-12-4-3-5-13(15)10-12/h3-5,10,14H,2,6-9,11,15H2,1H3. The molecule has 1 aliphatic rings.